The summed E-state index contributed by atoms with van der Waals surface area (Å²) in [4.78, 5) is 11.7. The molecule has 14 heavy (non-hydrogen) atoms. The third-order valence-corrected chi connectivity index (χ3v) is 2.34. The Balaban J connectivity index is 3.21. The average molecular weight is 195 g/mol. The van der Waals surface area contributed by atoms with Gasteiger partial charge in [0.1, 0.15) is 0 Å². The Hall–Kier alpha value is -1.16. The van der Waals surface area contributed by atoms with Crippen LogP contribution in [0.2, 0.25) is 0 Å². The molecule has 1 atom stereocenters. The lowest BCUT2D eigenvalue weighted by Gasteiger charge is -2.04. The van der Waals surface area contributed by atoms with Crippen molar-refractivity contribution in [3.8, 4) is 0 Å². The molecule has 0 aliphatic heterocycles. The SMILES string of the molecule is CCn1nc(C)c(C(=O)C(C)N)c1C. The summed E-state index contributed by atoms with van der Waals surface area (Å²) in [7, 11) is 0. The van der Waals surface area contributed by atoms with Crippen LogP contribution in [0.4, 0.5) is 0 Å². The van der Waals surface area contributed by atoms with Crippen molar-refractivity contribution in [2.45, 2.75) is 40.3 Å². The van der Waals surface area contributed by atoms with E-state index in [2.05, 4.69) is 5.10 Å². The third-order valence-electron chi connectivity index (χ3n) is 2.34. The molecule has 1 rings (SSSR count). The van der Waals surface area contributed by atoms with Crippen LogP contribution < -0.4 is 5.73 Å². The first-order valence-corrected chi connectivity index (χ1v) is 4.82. The van der Waals surface area contributed by atoms with E-state index in [-0.39, 0.29) is 5.78 Å². The zero-order chi connectivity index (χ0) is 10.9. The number of rotatable bonds is 3. The maximum atomic E-state index is 11.7. The molecule has 4 nitrogen and oxygen atoms in total. The minimum atomic E-state index is -0.457. The lowest BCUT2D eigenvalue weighted by molar-refractivity contribution is 0.0966. The molecule has 0 bridgehead atoms. The molecule has 0 saturated heterocycles. The first-order chi connectivity index (χ1) is 6.49. The van der Waals surface area contributed by atoms with E-state index < -0.39 is 6.04 Å². The number of nitrogens with zero attached hydrogens (tertiary/aromatic N) is 2. The lowest BCUT2D eigenvalue weighted by Crippen LogP contribution is -2.27. The van der Waals surface area contributed by atoms with Gasteiger partial charge in [-0.15, -0.1) is 0 Å². The molecule has 4 heteroatoms. The van der Waals surface area contributed by atoms with Crippen LogP contribution >= 0.6 is 0 Å². The minimum absolute atomic E-state index is 0.0281. The van der Waals surface area contributed by atoms with Gasteiger partial charge in [-0.05, 0) is 27.7 Å². The smallest absolute Gasteiger partial charge is 0.182 e. The second-order valence-corrected chi connectivity index (χ2v) is 3.51. The number of aryl methyl sites for hydroxylation is 2. The van der Waals surface area contributed by atoms with E-state index >= 15 is 0 Å². The zero-order valence-corrected chi connectivity index (χ0v) is 9.16. The molecule has 0 aromatic carbocycles. The fraction of sp³-hybridized carbons (Fsp3) is 0.600. The fourth-order valence-electron chi connectivity index (χ4n) is 1.59. The Morgan fingerprint density at radius 2 is 2.14 bits per heavy atom. The van der Waals surface area contributed by atoms with Crippen LogP contribution in [0.25, 0.3) is 0 Å². The molecule has 0 fully saturated rings. The van der Waals surface area contributed by atoms with Crippen molar-refractivity contribution < 1.29 is 4.79 Å². The average Bonchev–Trinajstić information content (AvgIpc) is 2.40. The molecule has 0 saturated carbocycles. The number of aromatic nitrogens is 2. The van der Waals surface area contributed by atoms with Crippen LogP contribution in [0.5, 0.6) is 0 Å². The van der Waals surface area contributed by atoms with Crippen molar-refractivity contribution in [1.82, 2.24) is 9.78 Å². The molecule has 1 unspecified atom stereocenters. The van der Waals surface area contributed by atoms with E-state index in [9.17, 15) is 4.79 Å². The number of carbonyl (C=O) groups excluding carboxylic acids is 1. The molecule has 0 aliphatic rings. The van der Waals surface area contributed by atoms with E-state index in [0.717, 1.165) is 17.9 Å². The van der Waals surface area contributed by atoms with Gasteiger partial charge in [-0.1, -0.05) is 0 Å². The van der Waals surface area contributed by atoms with E-state index in [1.54, 1.807) is 6.92 Å². The number of ketones is 1. The maximum absolute atomic E-state index is 11.7. The van der Waals surface area contributed by atoms with Crippen LogP contribution in [-0.4, -0.2) is 21.6 Å². The molecule has 1 aromatic rings. The van der Waals surface area contributed by atoms with Crippen LogP contribution in [0.1, 0.15) is 35.6 Å². The van der Waals surface area contributed by atoms with Crippen LogP contribution in [0.15, 0.2) is 0 Å². The Labute approximate surface area is 84.1 Å². The van der Waals surface area contributed by atoms with E-state index in [0.29, 0.717) is 5.56 Å². The van der Waals surface area contributed by atoms with E-state index in [4.69, 9.17) is 5.73 Å². The maximum Gasteiger partial charge on any atom is 0.182 e. The topological polar surface area (TPSA) is 60.9 Å². The molecule has 2 N–H and O–H groups in total. The highest BCUT2D eigenvalue weighted by Crippen LogP contribution is 2.14. The summed E-state index contributed by atoms with van der Waals surface area (Å²) in [5, 5.41) is 4.27. The van der Waals surface area contributed by atoms with Gasteiger partial charge in [0.2, 0.25) is 0 Å². The summed E-state index contributed by atoms with van der Waals surface area (Å²) in [5.41, 5.74) is 7.93. The molecule has 1 aromatic heterocycles. The van der Waals surface area contributed by atoms with Gasteiger partial charge in [0, 0.05) is 12.2 Å². The molecule has 0 amide bonds. The van der Waals surface area contributed by atoms with Gasteiger partial charge in [-0.2, -0.15) is 5.10 Å². The first-order valence-electron chi connectivity index (χ1n) is 4.82. The summed E-state index contributed by atoms with van der Waals surface area (Å²) in [5.74, 6) is -0.0281. The van der Waals surface area contributed by atoms with Gasteiger partial charge in [0.25, 0.3) is 0 Å². The van der Waals surface area contributed by atoms with Crippen LogP contribution in [0.3, 0.4) is 0 Å². The summed E-state index contributed by atoms with van der Waals surface area (Å²) < 4.78 is 1.82. The Kier molecular flexibility index (Phi) is 3.06. The highest BCUT2D eigenvalue weighted by atomic mass is 16.1. The second-order valence-electron chi connectivity index (χ2n) is 3.51. The molecule has 0 spiro atoms. The van der Waals surface area contributed by atoms with Gasteiger partial charge in [0.15, 0.2) is 5.78 Å². The zero-order valence-electron chi connectivity index (χ0n) is 9.16. The van der Waals surface area contributed by atoms with Gasteiger partial charge < -0.3 is 5.73 Å². The van der Waals surface area contributed by atoms with Crippen molar-refractivity contribution in [2.75, 3.05) is 0 Å². The Morgan fingerprint density at radius 1 is 1.57 bits per heavy atom. The van der Waals surface area contributed by atoms with Gasteiger partial charge in [0.05, 0.1) is 17.3 Å². The van der Waals surface area contributed by atoms with Crippen molar-refractivity contribution >= 4 is 5.78 Å². The molecular formula is C10H17N3O. The fourth-order valence-corrected chi connectivity index (χ4v) is 1.59. The predicted molar refractivity (Wildman–Crippen MR) is 55.4 cm³/mol. The van der Waals surface area contributed by atoms with Gasteiger partial charge in [-0.25, -0.2) is 0 Å². The van der Waals surface area contributed by atoms with E-state index in [1.165, 1.54) is 0 Å². The van der Waals surface area contributed by atoms with E-state index in [1.807, 2.05) is 25.5 Å². The molecule has 0 radical (unpaired) electrons. The van der Waals surface area contributed by atoms with Crippen molar-refractivity contribution in [3.63, 3.8) is 0 Å². The largest absolute Gasteiger partial charge is 0.321 e. The first kappa shape index (κ1) is 10.9. The number of hydrogen-bond acceptors (Lipinski definition) is 3. The van der Waals surface area contributed by atoms with Gasteiger partial charge >= 0.3 is 0 Å². The molecular weight excluding hydrogens is 178 g/mol. The van der Waals surface area contributed by atoms with Crippen LogP contribution in [0, 0.1) is 13.8 Å². The monoisotopic (exact) mass is 195 g/mol. The van der Waals surface area contributed by atoms with Crippen molar-refractivity contribution in [2.24, 2.45) is 5.73 Å². The summed E-state index contributed by atoms with van der Waals surface area (Å²) in [6.07, 6.45) is 0. The highest BCUT2D eigenvalue weighted by molar-refractivity contribution is 6.01. The normalized spacial score (nSPS) is 12.9. The highest BCUT2D eigenvalue weighted by Gasteiger charge is 2.20. The number of nitrogens with two attached hydrogens (primary N) is 1. The molecule has 1 heterocycles. The third kappa shape index (κ3) is 1.70. The quantitative estimate of drug-likeness (QED) is 0.733. The molecule has 78 valence electrons. The van der Waals surface area contributed by atoms with Crippen molar-refractivity contribution in [3.05, 3.63) is 17.0 Å². The number of carbonyl (C=O) groups is 1. The predicted octanol–water partition coefficient (Wildman–Crippen LogP) is 1.05. The van der Waals surface area contributed by atoms with Crippen LogP contribution in [-0.2, 0) is 6.54 Å². The number of Topliss-reactive ketones (excluding diaryl/α,β-unsaturated/α-hetero) is 1. The van der Waals surface area contributed by atoms with Crippen molar-refractivity contribution in [1.29, 1.82) is 0 Å². The molecule has 0 aliphatic carbocycles. The standard InChI is InChI=1S/C10H17N3O/c1-5-13-8(4)9(7(3)12-13)10(14)6(2)11/h6H,5,11H2,1-4H3. The summed E-state index contributed by atoms with van der Waals surface area (Å²) in [6.45, 7) is 8.22. The minimum Gasteiger partial charge on any atom is -0.321 e. The second kappa shape index (κ2) is 3.92. The van der Waals surface area contributed by atoms with Gasteiger partial charge in [-0.3, -0.25) is 9.48 Å². The summed E-state index contributed by atoms with van der Waals surface area (Å²) in [6, 6.07) is -0.457. The number of hydrogen-bond donors (Lipinski definition) is 1. The Bertz CT molecular complexity index is 352. The lowest BCUT2D eigenvalue weighted by atomic mass is 10.0. The summed E-state index contributed by atoms with van der Waals surface area (Å²) >= 11 is 0. The Morgan fingerprint density at radius 3 is 2.50 bits per heavy atom.